The fourth-order valence-corrected chi connectivity index (χ4v) is 3.16. The van der Waals surface area contributed by atoms with Gasteiger partial charge in [0.15, 0.2) is 5.96 Å². The van der Waals surface area contributed by atoms with E-state index in [-0.39, 0.29) is 0 Å². The van der Waals surface area contributed by atoms with Gasteiger partial charge in [-0.2, -0.15) is 0 Å². The summed E-state index contributed by atoms with van der Waals surface area (Å²) in [5.74, 6) is 2.48. The highest BCUT2D eigenvalue weighted by Gasteiger charge is 2.25. The van der Waals surface area contributed by atoms with Gasteiger partial charge in [-0.15, -0.1) is 0 Å². The Bertz CT molecular complexity index is 516. The van der Waals surface area contributed by atoms with Crippen LogP contribution in [0, 0.1) is 0 Å². The van der Waals surface area contributed by atoms with E-state index in [0.717, 1.165) is 63.8 Å². The van der Waals surface area contributed by atoms with Gasteiger partial charge in [0.2, 0.25) is 0 Å². The molecule has 0 aliphatic carbocycles. The summed E-state index contributed by atoms with van der Waals surface area (Å²) in [6.07, 6.45) is 4.51. The summed E-state index contributed by atoms with van der Waals surface area (Å²) in [6, 6.07) is 8.45. The SMILES string of the molecule is CCCCOCCCNC(=NC)N1CCC(c2ccc(OC)cc2)C1. The first-order valence-corrected chi connectivity index (χ1v) is 9.45. The second-order valence-corrected chi connectivity index (χ2v) is 6.50. The molecule has 0 bridgehead atoms. The van der Waals surface area contributed by atoms with Crippen molar-refractivity contribution in [3.8, 4) is 5.75 Å². The number of nitrogens with one attached hydrogen (secondary N) is 1. The molecule has 1 aliphatic rings. The molecule has 0 saturated carbocycles. The van der Waals surface area contributed by atoms with Gasteiger partial charge in [0.25, 0.3) is 0 Å². The summed E-state index contributed by atoms with van der Waals surface area (Å²) < 4.78 is 10.8. The summed E-state index contributed by atoms with van der Waals surface area (Å²) in [4.78, 5) is 6.80. The Hall–Kier alpha value is -1.75. The topological polar surface area (TPSA) is 46.1 Å². The van der Waals surface area contributed by atoms with E-state index in [2.05, 4.69) is 34.3 Å². The number of ether oxygens (including phenoxy) is 2. The summed E-state index contributed by atoms with van der Waals surface area (Å²) >= 11 is 0. The largest absolute Gasteiger partial charge is 0.497 e. The third-order valence-corrected chi connectivity index (χ3v) is 4.68. The standard InChI is InChI=1S/C20H33N3O2/c1-4-5-14-25-15-6-12-22-20(21-2)23-13-11-18(16-23)17-7-9-19(24-3)10-8-17/h7-10,18H,4-6,11-16H2,1-3H3,(H,21,22). The van der Waals surface area contributed by atoms with E-state index < -0.39 is 0 Å². The second-order valence-electron chi connectivity index (χ2n) is 6.50. The monoisotopic (exact) mass is 347 g/mol. The maximum absolute atomic E-state index is 5.61. The molecule has 140 valence electrons. The quantitative estimate of drug-likeness (QED) is 0.423. The average Bonchev–Trinajstić information content (AvgIpc) is 3.14. The molecule has 1 aromatic rings. The van der Waals surface area contributed by atoms with Gasteiger partial charge >= 0.3 is 0 Å². The van der Waals surface area contributed by atoms with Gasteiger partial charge in [-0.05, 0) is 37.0 Å². The molecule has 2 rings (SSSR count). The van der Waals surface area contributed by atoms with Crippen LogP contribution in [0.25, 0.3) is 0 Å². The fraction of sp³-hybridized carbons (Fsp3) is 0.650. The molecule has 0 amide bonds. The number of methoxy groups -OCH3 is 1. The summed E-state index contributed by atoms with van der Waals surface area (Å²) in [5.41, 5.74) is 1.38. The Morgan fingerprint density at radius 1 is 1.24 bits per heavy atom. The van der Waals surface area contributed by atoms with Crippen LogP contribution in [0.5, 0.6) is 5.75 Å². The highest BCUT2D eigenvalue weighted by Crippen LogP contribution is 2.28. The molecule has 1 heterocycles. The van der Waals surface area contributed by atoms with Gasteiger partial charge in [-0.3, -0.25) is 4.99 Å². The molecule has 5 heteroatoms. The molecule has 1 aromatic carbocycles. The molecule has 1 saturated heterocycles. The molecule has 1 N–H and O–H groups in total. The van der Waals surface area contributed by atoms with Crippen molar-refractivity contribution in [1.29, 1.82) is 0 Å². The highest BCUT2D eigenvalue weighted by atomic mass is 16.5. The van der Waals surface area contributed by atoms with Crippen molar-refractivity contribution in [2.75, 3.05) is 47.0 Å². The third kappa shape index (κ3) is 6.24. The second kappa shape index (κ2) is 11.0. The first kappa shape index (κ1) is 19.6. The van der Waals surface area contributed by atoms with Crippen molar-refractivity contribution in [2.45, 2.75) is 38.5 Å². The van der Waals surface area contributed by atoms with Crippen LogP contribution in [0.1, 0.15) is 44.1 Å². The highest BCUT2D eigenvalue weighted by molar-refractivity contribution is 5.80. The third-order valence-electron chi connectivity index (χ3n) is 4.68. The van der Waals surface area contributed by atoms with Gasteiger partial charge in [0.05, 0.1) is 7.11 Å². The molecule has 1 unspecified atom stereocenters. The first-order chi connectivity index (χ1) is 12.3. The molecule has 0 radical (unpaired) electrons. The molecule has 1 atom stereocenters. The van der Waals surface area contributed by atoms with Crippen LogP contribution in [-0.2, 0) is 4.74 Å². The number of hydrogen-bond donors (Lipinski definition) is 1. The van der Waals surface area contributed by atoms with Gasteiger partial charge in [0.1, 0.15) is 5.75 Å². The maximum Gasteiger partial charge on any atom is 0.193 e. The Labute approximate surface area is 152 Å². The van der Waals surface area contributed by atoms with Gasteiger partial charge in [-0.1, -0.05) is 25.5 Å². The van der Waals surface area contributed by atoms with Crippen LogP contribution in [0.15, 0.2) is 29.3 Å². The zero-order valence-electron chi connectivity index (χ0n) is 16.0. The molecule has 0 spiro atoms. The zero-order chi connectivity index (χ0) is 17.9. The van der Waals surface area contributed by atoms with E-state index in [0.29, 0.717) is 5.92 Å². The molecule has 1 fully saturated rings. The lowest BCUT2D eigenvalue weighted by Gasteiger charge is -2.22. The molecule has 25 heavy (non-hydrogen) atoms. The van der Waals surface area contributed by atoms with Crippen molar-refractivity contribution in [3.05, 3.63) is 29.8 Å². The number of likely N-dealkylation sites (tertiary alicyclic amines) is 1. The minimum atomic E-state index is 0.557. The minimum Gasteiger partial charge on any atom is -0.497 e. The van der Waals surface area contributed by atoms with Gasteiger partial charge < -0.3 is 19.7 Å². The van der Waals surface area contributed by atoms with Crippen molar-refractivity contribution in [2.24, 2.45) is 4.99 Å². The Morgan fingerprint density at radius 2 is 2.00 bits per heavy atom. The number of aliphatic imine (C=N–C) groups is 1. The molecular formula is C20H33N3O2. The van der Waals surface area contributed by atoms with Crippen LogP contribution >= 0.6 is 0 Å². The Morgan fingerprint density at radius 3 is 2.68 bits per heavy atom. The van der Waals surface area contributed by atoms with Crippen LogP contribution in [0.2, 0.25) is 0 Å². The Kier molecular flexibility index (Phi) is 8.60. The number of nitrogens with zero attached hydrogens (tertiary/aromatic N) is 2. The minimum absolute atomic E-state index is 0.557. The van der Waals surface area contributed by atoms with Gasteiger partial charge in [0, 0.05) is 45.8 Å². The average molecular weight is 348 g/mol. The maximum atomic E-state index is 5.61. The summed E-state index contributed by atoms with van der Waals surface area (Å²) in [7, 11) is 3.57. The smallest absolute Gasteiger partial charge is 0.193 e. The molecular weight excluding hydrogens is 314 g/mol. The van der Waals surface area contributed by atoms with Crippen LogP contribution < -0.4 is 10.1 Å². The molecule has 1 aliphatic heterocycles. The summed E-state index contributed by atoms with van der Waals surface area (Å²) in [5, 5.41) is 3.47. The van der Waals surface area contributed by atoms with Crippen molar-refractivity contribution < 1.29 is 9.47 Å². The van der Waals surface area contributed by atoms with E-state index in [4.69, 9.17) is 9.47 Å². The molecule has 0 aromatic heterocycles. The number of benzene rings is 1. The first-order valence-electron chi connectivity index (χ1n) is 9.45. The van der Waals surface area contributed by atoms with E-state index in [1.165, 1.54) is 12.0 Å². The fourth-order valence-electron chi connectivity index (χ4n) is 3.16. The molecule has 5 nitrogen and oxygen atoms in total. The van der Waals surface area contributed by atoms with Crippen molar-refractivity contribution in [1.82, 2.24) is 10.2 Å². The normalized spacial score (nSPS) is 17.8. The van der Waals surface area contributed by atoms with Crippen LogP contribution in [-0.4, -0.2) is 57.9 Å². The number of hydrogen-bond acceptors (Lipinski definition) is 3. The zero-order valence-corrected chi connectivity index (χ0v) is 16.0. The summed E-state index contributed by atoms with van der Waals surface area (Å²) in [6.45, 7) is 6.84. The number of rotatable bonds is 9. The van der Waals surface area contributed by atoms with Crippen molar-refractivity contribution >= 4 is 5.96 Å². The van der Waals surface area contributed by atoms with E-state index in [1.807, 2.05) is 19.2 Å². The van der Waals surface area contributed by atoms with E-state index in [9.17, 15) is 0 Å². The lowest BCUT2D eigenvalue weighted by atomic mass is 9.98. The Balaban J connectivity index is 1.72. The van der Waals surface area contributed by atoms with E-state index in [1.54, 1.807) is 7.11 Å². The van der Waals surface area contributed by atoms with Gasteiger partial charge in [-0.25, -0.2) is 0 Å². The predicted octanol–water partition coefficient (Wildman–Crippen LogP) is 3.27. The van der Waals surface area contributed by atoms with Crippen LogP contribution in [0.3, 0.4) is 0 Å². The number of unbranched alkanes of at least 4 members (excludes halogenated alkanes) is 1. The predicted molar refractivity (Wildman–Crippen MR) is 104 cm³/mol. The van der Waals surface area contributed by atoms with Crippen LogP contribution in [0.4, 0.5) is 0 Å². The lowest BCUT2D eigenvalue weighted by Crippen LogP contribution is -2.40. The van der Waals surface area contributed by atoms with Crippen molar-refractivity contribution in [3.63, 3.8) is 0 Å². The lowest BCUT2D eigenvalue weighted by molar-refractivity contribution is 0.129. The number of guanidine groups is 1. The van der Waals surface area contributed by atoms with E-state index >= 15 is 0 Å².